The molecule has 0 aliphatic carbocycles. The first kappa shape index (κ1) is 25.4. The average molecular weight is 506 g/mol. The molecular weight excluding hydrogens is 493 g/mol. The quantitative estimate of drug-likeness (QED) is 0.172. The maximum atomic E-state index is 14.6. The minimum Gasteiger partial charge on any atom is -0.206 e. The zero-order chi connectivity index (χ0) is 26.7. The predicted octanol–water partition coefficient (Wildman–Crippen LogP) is 7.42. The summed E-state index contributed by atoms with van der Waals surface area (Å²) in [6, 6.07) is 13.4. The first-order valence-corrected chi connectivity index (χ1v) is 10.6. The summed E-state index contributed by atoms with van der Waals surface area (Å²) in [5.74, 6) is 9.37. The molecule has 7 heteroatoms. The second kappa shape index (κ2) is 10.1. The fourth-order valence-electron chi connectivity index (χ4n) is 3.35. The SMILES string of the molecule is Cc1ccc(C#Cc2ccc(C#Cc3ccc4c(F)c(C#CC(F)(F)F)c(F)cc4c3)c(F)c2)c(F)c1. The first-order valence-electron chi connectivity index (χ1n) is 10.6. The normalized spacial score (nSPS) is 10.6. The van der Waals surface area contributed by atoms with Crippen molar-refractivity contribution in [2.45, 2.75) is 13.1 Å². The van der Waals surface area contributed by atoms with Crippen LogP contribution in [0.25, 0.3) is 10.8 Å². The predicted molar refractivity (Wildman–Crippen MR) is 126 cm³/mol. The van der Waals surface area contributed by atoms with Gasteiger partial charge in [0.25, 0.3) is 0 Å². The lowest BCUT2D eigenvalue weighted by atomic mass is 10.0. The van der Waals surface area contributed by atoms with Crippen molar-refractivity contribution in [3.63, 3.8) is 0 Å². The highest BCUT2D eigenvalue weighted by atomic mass is 19.4. The molecule has 0 fully saturated rings. The van der Waals surface area contributed by atoms with E-state index in [-0.39, 0.29) is 21.9 Å². The first-order chi connectivity index (χ1) is 17.5. The molecule has 0 nitrogen and oxygen atoms in total. The van der Waals surface area contributed by atoms with Gasteiger partial charge in [0.15, 0.2) is 0 Å². The standard InChI is InChI=1S/C30H13F7/c1-18-2-7-21(26(31)14-18)9-4-20-5-10-22(27(32)16-20)8-3-19-6-11-24-23(15-19)17-28(33)25(29(24)34)12-13-30(35,36)37/h2,5-7,10-11,14-17H,1H3. The van der Waals surface area contributed by atoms with Gasteiger partial charge in [0.05, 0.1) is 16.7 Å². The topological polar surface area (TPSA) is 0 Å². The van der Waals surface area contributed by atoms with Crippen LogP contribution in [0.5, 0.6) is 0 Å². The Morgan fingerprint density at radius 3 is 1.81 bits per heavy atom. The third-order valence-electron chi connectivity index (χ3n) is 5.13. The van der Waals surface area contributed by atoms with E-state index in [9.17, 15) is 30.7 Å². The molecule has 0 heterocycles. The molecule has 4 aromatic carbocycles. The number of benzene rings is 4. The van der Waals surface area contributed by atoms with E-state index >= 15 is 0 Å². The molecule has 0 N–H and O–H groups in total. The molecule has 0 bridgehead atoms. The molecule has 182 valence electrons. The Morgan fingerprint density at radius 2 is 1.19 bits per heavy atom. The van der Waals surface area contributed by atoms with Gasteiger partial charge in [-0.15, -0.1) is 0 Å². The molecule has 0 saturated carbocycles. The van der Waals surface area contributed by atoms with Crippen LogP contribution >= 0.6 is 0 Å². The molecule has 0 aliphatic rings. The molecule has 0 aromatic heterocycles. The summed E-state index contributed by atoms with van der Waals surface area (Å²) < 4.78 is 94.1. The van der Waals surface area contributed by atoms with E-state index in [2.05, 4.69) is 23.7 Å². The van der Waals surface area contributed by atoms with Crippen LogP contribution in [0.1, 0.15) is 33.4 Å². The number of hydrogen-bond donors (Lipinski definition) is 0. The van der Waals surface area contributed by atoms with Crippen LogP contribution in [0.3, 0.4) is 0 Å². The van der Waals surface area contributed by atoms with Gasteiger partial charge in [0, 0.05) is 22.4 Å². The van der Waals surface area contributed by atoms with Crippen molar-refractivity contribution < 1.29 is 30.7 Å². The fourth-order valence-corrected chi connectivity index (χ4v) is 3.35. The molecule has 0 aliphatic heterocycles. The van der Waals surface area contributed by atoms with Crippen molar-refractivity contribution in [2.75, 3.05) is 0 Å². The minimum atomic E-state index is -4.90. The molecule has 37 heavy (non-hydrogen) atoms. The summed E-state index contributed by atoms with van der Waals surface area (Å²) in [6.07, 6.45) is -4.90. The molecule has 0 amide bonds. The van der Waals surface area contributed by atoms with Crippen LogP contribution in [0.4, 0.5) is 30.7 Å². The third-order valence-corrected chi connectivity index (χ3v) is 5.13. The summed E-state index contributed by atoms with van der Waals surface area (Å²) in [7, 11) is 0. The van der Waals surface area contributed by atoms with Crippen LogP contribution in [0.2, 0.25) is 0 Å². The third kappa shape index (κ3) is 6.13. The highest BCUT2D eigenvalue weighted by molar-refractivity contribution is 5.86. The van der Waals surface area contributed by atoms with Gasteiger partial charge in [0.2, 0.25) is 0 Å². The second-order valence-corrected chi connectivity index (χ2v) is 7.91. The maximum Gasteiger partial charge on any atom is 0.458 e. The Labute approximate surface area is 207 Å². The Morgan fingerprint density at radius 1 is 0.595 bits per heavy atom. The summed E-state index contributed by atoms with van der Waals surface area (Å²) in [5, 5.41) is -0.0914. The van der Waals surface area contributed by atoms with Gasteiger partial charge in [0.1, 0.15) is 23.3 Å². The van der Waals surface area contributed by atoms with Gasteiger partial charge in [-0.05, 0) is 66.4 Å². The fraction of sp³-hybridized carbons (Fsp3) is 0.0667. The molecule has 4 rings (SSSR count). The number of aryl methyl sites for hydroxylation is 1. The van der Waals surface area contributed by atoms with Crippen molar-refractivity contribution in [1.82, 2.24) is 0 Å². The van der Waals surface area contributed by atoms with Crippen LogP contribution in [-0.4, -0.2) is 6.18 Å². The van der Waals surface area contributed by atoms with Crippen LogP contribution in [-0.2, 0) is 0 Å². The van der Waals surface area contributed by atoms with Crippen LogP contribution in [0.15, 0.2) is 60.7 Å². The largest absolute Gasteiger partial charge is 0.458 e. The zero-order valence-electron chi connectivity index (χ0n) is 18.9. The highest BCUT2D eigenvalue weighted by Crippen LogP contribution is 2.25. The van der Waals surface area contributed by atoms with Crippen LogP contribution < -0.4 is 0 Å². The zero-order valence-corrected chi connectivity index (χ0v) is 18.9. The number of alkyl halides is 3. The van der Waals surface area contributed by atoms with E-state index in [1.165, 1.54) is 48.4 Å². The molecule has 0 spiro atoms. The Balaban J connectivity index is 1.60. The summed E-state index contributed by atoms with van der Waals surface area (Å²) in [5.41, 5.74) is 0.571. The van der Waals surface area contributed by atoms with Gasteiger partial charge in [-0.2, -0.15) is 13.2 Å². The van der Waals surface area contributed by atoms with Crippen LogP contribution in [0, 0.1) is 65.7 Å². The Bertz CT molecular complexity index is 1730. The summed E-state index contributed by atoms with van der Waals surface area (Å²) in [6.45, 7) is 1.75. The van der Waals surface area contributed by atoms with Crippen molar-refractivity contribution in [2.24, 2.45) is 0 Å². The lowest BCUT2D eigenvalue weighted by molar-refractivity contribution is -0.0696. The molecular formula is C30H13F7. The van der Waals surface area contributed by atoms with Gasteiger partial charge >= 0.3 is 6.18 Å². The molecule has 0 radical (unpaired) electrons. The Kier molecular flexibility index (Phi) is 6.96. The minimum absolute atomic E-state index is 0.0299. The molecule has 4 aromatic rings. The number of rotatable bonds is 0. The van der Waals surface area contributed by atoms with E-state index in [1.54, 1.807) is 13.0 Å². The van der Waals surface area contributed by atoms with E-state index in [0.717, 1.165) is 23.6 Å². The van der Waals surface area contributed by atoms with Gasteiger partial charge in [-0.25, -0.2) is 17.6 Å². The maximum absolute atomic E-state index is 14.6. The van der Waals surface area contributed by atoms with Gasteiger partial charge in [-0.1, -0.05) is 41.7 Å². The Hall–Kier alpha value is -4.67. The average Bonchev–Trinajstić information content (AvgIpc) is 2.82. The number of fused-ring (bicyclic) bond motifs is 1. The monoisotopic (exact) mass is 506 g/mol. The van der Waals surface area contributed by atoms with E-state index in [0.29, 0.717) is 11.1 Å². The second-order valence-electron chi connectivity index (χ2n) is 7.91. The number of halogens is 7. The van der Waals surface area contributed by atoms with E-state index in [4.69, 9.17) is 0 Å². The van der Waals surface area contributed by atoms with Crippen molar-refractivity contribution in [3.8, 4) is 35.5 Å². The summed E-state index contributed by atoms with van der Waals surface area (Å²) in [4.78, 5) is 0. The number of hydrogen-bond acceptors (Lipinski definition) is 0. The van der Waals surface area contributed by atoms with Crippen molar-refractivity contribution in [1.29, 1.82) is 0 Å². The lowest BCUT2D eigenvalue weighted by Crippen LogP contribution is -2.02. The highest BCUT2D eigenvalue weighted by Gasteiger charge is 2.24. The molecule has 0 saturated heterocycles. The van der Waals surface area contributed by atoms with E-state index in [1.807, 2.05) is 0 Å². The van der Waals surface area contributed by atoms with Crippen molar-refractivity contribution in [3.05, 3.63) is 117 Å². The summed E-state index contributed by atoms with van der Waals surface area (Å²) >= 11 is 0. The van der Waals surface area contributed by atoms with E-state index < -0.39 is 35.0 Å². The molecule has 0 unspecified atom stereocenters. The smallest absolute Gasteiger partial charge is 0.206 e. The van der Waals surface area contributed by atoms with Gasteiger partial charge < -0.3 is 0 Å². The lowest BCUT2D eigenvalue weighted by Gasteiger charge is -2.05. The van der Waals surface area contributed by atoms with Gasteiger partial charge in [-0.3, -0.25) is 0 Å². The molecule has 0 atom stereocenters. The van der Waals surface area contributed by atoms with Crippen molar-refractivity contribution >= 4 is 10.8 Å².